The average Bonchev–Trinajstić information content (AvgIpc) is 3.35. The Kier molecular flexibility index (Phi) is 7.10. The molecule has 0 aliphatic carbocycles. The van der Waals surface area contributed by atoms with Gasteiger partial charge >= 0.3 is 0 Å². The number of unbranched alkanes of at least 4 members (excludes halogenated alkanes) is 3. The Morgan fingerprint density at radius 2 is 1.47 bits per heavy atom. The minimum absolute atomic E-state index is 0.240. The van der Waals surface area contributed by atoms with Gasteiger partial charge in [-0.15, -0.1) is 22.7 Å². The quantitative estimate of drug-likeness (QED) is 0.124. The number of rotatable bonds is 4. The van der Waals surface area contributed by atoms with Gasteiger partial charge in [-0.05, 0) is 65.8 Å². The molecular weight excluding hydrogens is 460 g/mol. The minimum atomic E-state index is -0.813. The van der Waals surface area contributed by atoms with Gasteiger partial charge in [0.25, 0.3) is 0 Å². The topological polar surface area (TPSA) is 12.4 Å². The fraction of sp³-hybridized carbons (Fsp3) is 0.192. The van der Waals surface area contributed by atoms with E-state index in [4.69, 9.17) is 0 Å². The van der Waals surface area contributed by atoms with Crippen LogP contribution in [0.3, 0.4) is 0 Å². The van der Waals surface area contributed by atoms with Crippen LogP contribution in [0, 0.1) is 35.3 Å². The predicted octanol–water partition coefficient (Wildman–Crippen LogP) is 8.46. The zero-order valence-corrected chi connectivity index (χ0v) is 19.7. The molecule has 0 radical (unpaired) electrons. The SMILES string of the molecule is CCCCCC#Cc1cc2cc3sc(C#Cc4cc(F)c(N=C=S)c(F)c4)cc3cc2s1. The first-order valence-electron chi connectivity index (χ1n) is 10.1. The van der Waals surface area contributed by atoms with Crippen LogP contribution < -0.4 is 0 Å². The van der Waals surface area contributed by atoms with Crippen LogP contribution in [0.15, 0.2) is 41.4 Å². The lowest BCUT2D eigenvalue weighted by Gasteiger charge is -1.98. The van der Waals surface area contributed by atoms with E-state index in [2.05, 4.69) is 66.0 Å². The summed E-state index contributed by atoms with van der Waals surface area (Å²) in [7, 11) is 0. The molecule has 0 unspecified atom stereocenters. The van der Waals surface area contributed by atoms with Gasteiger partial charge in [0, 0.05) is 21.4 Å². The molecule has 0 spiro atoms. The zero-order chi connectivity index (χ0) is 22.5. The van der Waals surface area contributed by atoms with E-state index in [1.807, 2.05) is 11.2 Å². The molecule has 4 rings (SSSR count). The van der Waals surface area contributed by atoms with Crippen molar-refractivity contribution in [3.8, 4) is 23.7 Å². The molecule has 0 bridgehead atoms. The van der Waals surface area contributed by atoms with Crippen molar-refractivity contribution in [1.82, 2.24) is 0 Å². The summed E-state index contributed by atoms with van der Waals surface area (Å²) in [6.45, 7) is 2.19. The molecule has 2 aromatic heterocycles. The monoisotopic (exact) mass is 477 g/mol. The highest BCUT2D eigenvalue weighted by Gasteiger charge is 2.10. The van der Waals surface area contributed by atoms with E-state index in [1.54, 1.807) is 22.7 Å². The van der Waals surface area contributed by atoms with Crippen LogP contribution in [0.2, 0.25) is 0 Å². The van der Waals surface area contributed by atoms with Gasteiger partial charge in [0.2, 0.25) is 0 Å². The van der Waals surface area contributed by atoms with Gasteiger partial charge in [-0.3, -0.25) is 0 Å². The van der Waals surface area contributed by atoms with Gasteiger partial charge in [0.05, 0.1) is 14.9 Å². The van der Waals surface area contributed by atoms with Gasteiger partial charge < -0.3 is 0 Å². The number of isothiocyanates is 1. The number of thiophene rings is 2. The van der Waals surface area contributed by atoms with E-state index in [1.165, 1.54) is 22.9 Å². The van der Waals surface area contributed by atoms with Crippen LogP contribution >= 0.6 is 34.9 Å². The molecule has 158 valence electrons. The lowest BCUT2D eigenvalue weighted by Crippen LogP contribution is -1.86. The lowest BCUT2D eigenvalue weighted by atomic mass is 10.2. The number of hydrogen-bond donors (Lipinski definition) is 0. The molecule has 0 amide bonds. The predicted molar refractivity (Wildman–Crippen MR) is 135 cm³/mol. The summed E-state index contributed by atoms with van der Waals surface area (Å²) in [6.07, 6.45) is 4.52. The van der Waals surface area contributed by atoms with Gasteiger partial charge in [0.1, 0.15) is 5.69 Å². The van der Waals surface area contributed by atoms with Crippen molar-refractivity contribution in [3.63, 3.8) is 0 Å². The third kappa shape index (κ3) is 5.13. The summed E-state index contributed by atoms with van der Waals surface area (Å²) >= 11 is 7.66. The Bertz CT molecular complexity index is 1410. The second kappa shape index (κ2) is 10.2. The third-order valence-electron chi connectivity index (χ3n) is 4.78. The molecule has 0 atom stereocenters. The first-order chi connectivity index (χ1) is 15.6. The molecule has 2 aromatic carbocycles. The van der Waals surface area contributed by atoms with Crippen LogP contribution in [0.4, 0.5) is 14.5 Å². The maximum Gasteiger partial charge on any atom is 0.153 e. The van der Waals surface area contributed by atoms with Crippen LogP contribution in [0.25, 0.3) is 20.2 Å². The van der Waals surface area contributed by atoms with E-state index < -0.39 is 17.3 Å². The smallest absolute Gasteiger partial charge is 0.153 e. The molecule has 0 aliphatic heterocycles. The molecule has 32 heavy (non-hydrogen) atoms. The maximum absolute atomic E-state index is 14.0. The molecule has 0 N–H and O–H groups in total. The van der Waals surface area contributed by atoms with E-state index in [0.717, 1.165) is 44.8 Å². The van der Waals surface area contributed by atoms with Crippen molar-refractivity contribution < 1.29 is 8.78 Å². The van der Waals surface area contributed by atoms with Crippen LogP contribution in [0.1, 0.15) is 47.9 Å². The van der Waals surface area contributed by atoms with Gasteiger partial charge in [-0.1, -0.05) is 43.4 Å². The van der Waals surface area contributed by atoms with Crippen molar-refractivity contribution >= 4 is 65.9 Å². The number of nitrogens with zero attached hydrogens (tertiary/aromatic N) is 1. The molecular formula is C26H17F2NS3. The zero-order valence-electron chi connectivity index (χ0n) is 17.2. The number of thiocarbonyl (C=S) groups is 1. The van der Waals surface area contributed by atoms with Crippen molar-refractivity contribution in [3.05, 3.63) is 63.4 Å². The van der Waals surface area contributed by atoms with E-state index in [-0.39, 0.29) is 5.56 Å². The van der Waals surface area contributed by atoms with Crippen molar-refractivity contribution in [1.29, 1.82) is 0 Å². The van der Waals surface area contributed by atoms with E-state index in [9.17, 15) is 8.78 Å². The van der Waals surface area contributed by atoms with Crippen molar-refractivity contribution in [2.45, 2.75) is 32.6 Å². The van der Waals surface area contributed by atoms with Crippen LogP contribution in [-0.2, 0) is 0 Å². The summed E-state index contributed by atoms with van der Waals surface area (Å²) in [4.78, 5) is 5.32. The van der Waals surface area contributed by atoms with Crippen LogP contribution in [0.5, 0.6) is 0 Å². The number of hydrogen-bond acceptors (Lipinski definition) is 4. The minimum Gasteiger partial charge on any atom is -0.204 e. The molecule has 0 aliphatic rings. The standard InChI is InChI=1S/C26H17F2NS3/c1-2-3-4-5-6-7-20-12-18-14-25-19(15-24(18)31-20)13-21(32-25)9-8-17-10-22(27)26(29-16-30)23(28)11-17/h10-15H,2-5H2,1H3. The first kappa shape index (κ1) is 22.3. The maximum atomic E-state index is 14.0. The average molecular weight is 478 g/mol. The summed E-state index contributed by atoms with van der Waals surface area (Å²) in [5.74, 6) is 10.8. The molecule has 1 nitrogen and oxygen atoms in total. The van der Waals surface area contributed by atoms with Crippen molar-refractivity contribution in [2.75, 3.05) is 0 Å². The fourth-order valence-electron chi connectivity index (χ4n) is 3.23. The highest BCUT2D eigenvalue weighted by atomic mass is 32.1. The summed E-state index contributed by atoms with van der Waals surface area (Å²) < 4.78 is 30.3. The third-order valence-corrected chi connectivity index (χ3v) is 6.89. The summed E-state index contributed by atoms with van der Waals surface area (Å²) in [5.41, 5.74) is -0.207. The fourth-order valence-corrected chi connectivity index (χ4v) is 5.24. The van der Waals surface area contributed by atoms with Gasteiger partial charge in [0.15, 0.2) is 11.6 Å². The highest BCUT2D eigenvalue weighted by molar-refractivity contribution is 7.78. The normalized spacial score (nSPS) is 10.3. The lowest BCUT2D eigenvalue weighted by molar-refractivity contribution is 0.587. The Morgan fingerprint density at radius 1 is 0.844 bits per heavy atom. The molecule has 0 fully saturated rings. The molecule has 2 heterocycles. The largest absolute Gasteiger partial charge is 0.204 e. The van der Waals surface area contributed by atoms with Gasteiger partial charge in [-0.25, -0.2) is 8.78 Å². The Morgan fingerprint density at radius 3 is 2.06 bits per heavy atom. The Hall–Kier alpha value is -2.86. The van der Waals surface area contributed by atoms with Gasteiger partial charge in [-0.2, -0.15) is 4.99 Å². The van der Waals surface area contributed by atoms with Crippen molar-refractivity contribution in [2.24, 2.45) is 4.99 Å². The Labute approximate surface area is 198 Å². The number of benzene rings is 2. The number of fused-ring (bicyclic) bond motifs is 2. The molecule has 0 saturated heterocycles. The second-order valence-corrected chi connectivity index (χ2v) is 9.50. The molecule has 0 saturated carbocycles. The van der Waals surface area contributed by atoms with E-state index >= 15 is 0 Å². The number of halogens is 2. The first-order valence-corrected chi connectivity index (χ1v) is 12.2. The number of aliphatic imine (C=N–C) groups is 1. The summed E-state index contributed by atoms with van der Waals surface area (Å²) in [6, 6.07) is 10.7. The Balaban J connectivity index is 1.58. The van der Waals surface area contributed by atoms with Crippen LogP contribution in [-0.4, -0.2) is 5.16 Å². The second-order valence-electron chi connectivity index (χ2n) is 7.15. The highest BCUT2D eigenvalue weighted by Crippen LogP contribution is 2.34. The van der Waals surface area contributed by atoms with E-state index in [0.29, 0.717) is 0 Å². The molecule has 4 aromatic rings. The molecule has 6 heteroatoms. The summed E-state index contributed by atoms with van der Waals surface area (Å²) in [5, 5.41) is 4.24.